The zero-order chi connectivity index (χ0) is 20.4. The van der Waals surface area contributed by atoms with Crippen LogP contribution < -0.4 is 10.5 Å². The van der Waals surface area contributed by atoms with Gasteiger partial charge in [0.15, 0.2) is 5.82 Å². The number of hydrogen-bond acceptors (Lipinski definition) is 5. The van der Waals surface area contributed by atoms with Gasteiger partial charge in [-0.1, -0.05) is 32.9 Å². The van der Waals surface area contributed by atoms with E-state index >= 15 is 0 Å². The summed E-state index contributed by atoms with van der Waals surface area (Å²) in [5.41, 5.74) is 7.54. The van der Waals surface area contributed by atoms with Crippen molar-refractivity contribution in [3.63, 3.8) is 0 Å². The van der Waals surface area contributed by atoms with E-state index in [9.17, 15) is 0 Å². The van der Waals surface area contributed by atoms with Crippen LogP contribution in [-0.2, 0) is 16.8 Å². The van der Waals surface area contributed by atoms with E-state index in [4.69, 9.17) is 25.3 Å². The maximum atomic E-state index is 6.11. The highest BCUT2D eigenvalue weighted by Crippen LogP contribution is 2.34. The van der Waals surface area contributed by atoms with E-state index in [2.05, 4.69) is 37.6 Å². The molecule has 6 nitrogen and oxygen atoms in total. The number of ether oxygens (including phenoxy) is 2. The fraction of sp³-hybridized carbons (Fsp3) is 0.652. The Bertz CT molecular complexity index is 802. The maximum Gasteiger partial charge on any atom is 0.188 e. The molecule has 2 N–H and O–H groups in total. The molecule has 166 valence electrons. The molecule has 0 radical (unpaired) electrons. The molecule has 0 spiro atoms. The van der Waals surface area contributed by atoms with E-state index in [1.54, 1.807) is 0 Å². The summed E-state index contributed by atoms with van der Waals surface area (Å²) in [4.78, 5) is 4.91. The predicted octanol–water partition coefficient (Wildman–Crippen LogP) is 4.52. The van der Waals surface area contributed by atoms with Crippen LogP contribution in [0.15, 0.2) is 24.3 Å². The summed E-state index contributed by atoms with van der Waals surface area (Å²) in [5, 5.41) is 4.83. The SMILES string of the molecule is CC(C)(C)c1ccc(OCc2nc(C3CCC(N)CC3)n(C3CCOC3)n2)cc1.Cl. The van der Waals surface area contributed by atoms with Crippen molar-refractivity contribution in [2.75, 3.05) is 13.2 Å². The lowest BCUT2D eigenvalue weighted by molar-refractivity contribution is 0.182. The van der Waals surface area contributed by atoms with Gasteiger partial charge in [0, 0.05) is 18.6 Å². The van der Waals surface area contributed by atoms with E-state index in [0.29, 0.717) is 18.6 Å². The minimum absolute atomic E-state index is 0. The van der Waals surface area contributed by atoms with E-state index in [-0.39, 0.29) is 23.9 Å². The second-order valence-electron chi connectivity index (χ2n) is 9.52. The molecule has 4 rings (SSSR count). The molecular formula is C23H35ClN4O2. The molecule has 2 fully saturated rings. The molecule has 30 heavy (non-hydrogen) atoms. The Morgan fingerprint density at radius 1 is 1.10 bits per heavy atom. The van der Waals surface area contributed by atoms with E-state index in [1.807, 2.05) is 12.1 Å². The molecule has 7 heteroatoms. The van der Waals surface area contributed by atoms with Gasteiger partial charge >= 0.3 is 0 Å². The van der Waals surface area contributed by atoms with Crippen molar-refractivity contribution in [3.8, 4) is 5.75 Å². The summed E-state index contributed by atoms with van der Waals surface area (Å²) in [6.45, 7) is 8.54. The Kier molecular flexibility index (Phi) is 7.43. The third-order valence-corrected chi connectivity index (χ3v) is 6.18. The molecule has 2 aromatic rings. The van der Waals surface area contributed by atoms with E-state index in [0.717, 1.165) is 62.7 Å². The third kappa shape index (κ3) is 5.34. The van der Waals surface area contributed by atoms with Crippen molar-refractivity contribution in [1.82, 2.24) is 14.8 Å². The van der Waals surface area contributed by atoms with Gasteiger partial charge in [0.1, 0.15) is 18.2 Å². The van der Waals surface area contributed by atoms with E-state index in [1.165, 1.54) is 5.56 Å². The van der Waals surface area contributed by atoms with Crippen LogP contribution in [0.5, 0.6) is 5.75 Å². The lowest BCUT2D eigenvalue weighted by Crippen LogP contribution is -2.27. The van der Waals surface area contributed by atoms with Crippen molar-refractivity contribution in [2.45, 2.75) is 82.9 Å². The number of hydrogen-bond donors (Lipinski definition) is 1. The van der Waals surface area contributed by atoms with Crippen LogP contribution >= 0.6 is 12.4 Å². The normalized spacial score (nSPS) is 24.5. The average Bonchev–Trinajstić information content (AvgIpc) is 3.36. The van der Waals surface area contributed by atoms with E-state index < -0.39 is 0 Å². The molecule has 1 aliphatic carbocycles. The van der Waals surface area contributed by atoms with Crippen LogP contribution in [0.1, 0.15) is 82.0 Å². The molecule has 1 atom stereocenters. The van der Waals surface area contributed by atoms with Gasteiger partial charge in [-0.15, -0.1) is 12.4 Å². The van der Waals surface area contributed by atoms with Crippen LogP contribution in [0.3, 0.4) is 0 Å². The molecule has 1 aliphatic heterocycles. The lowest BCUT2D eigenvalue weighted by Gasteiger charge is -2.26. The van der Waals surface area contributed by atoms with Crippen molar-refractivity contribution < 1.29 is 9.47 Å². The van der Waals surface area contributed by atoms with Crippen LogP contribution in [-0.4, -0.2) is 34.0 Å². The number of nitrogens with two attached hydrogens (primary N) is 1. The highest BCUT2D eigenvalue weighted by atomic mass is 35.5. The number of halogens is 1. The van der Waals surface area contributed by atoms with Crippen LogP contribution in [0.2, 0.25) is 0 Å². The van der Waals surface area contributed by atoms with Gasteiger partial charge in [0.25, 0.3) is 0 Å². The monoisotopic (exact) mass is 434 g/mol. The molecule has 1 unspecified atom stereocenters. The number of aromatic nitrogens is 3. The largest absolute Gasteiger partial charge is 0.486 e. The first kappa shape index (κ1) is 23.0. The van der Waals surface area contributed by atoms with Gasteiger partial charge < -0.3 is 15.2 Å². The maximum absolute atomic E-state index is 6.11. The lowest BCUT2D eigenvalue weighted by atomic mass is 9.86. The highest BCUT2D eigenvalue weighted by Gasteiger charge is 2.29. The number of nitrogens with zero attached hydrogens (tertiary/aromatic N) is 3. The smallest absolute Gasteiger partial charge is 0.188 e. The summed E-state index contributed by atoms with van der Waals surface area (Å²) < 4.78 is 13.7. The number of rotatable bonds is 5. The van der Waals surface area contributed by atoms with Gasteiger partial charge in [-0.3, -0.25) is 0 Å². The fourth-order valence-electron chi connectivity index (χ4n) is 4.28. The summed E-state index contributed by atoms with van der Waals surface area (Å²) in [7, 11) is 0. The average molecular weight is 435 g/mol. The van der Waals surface area contributed by atoms with Crippen LogP contribution in [0.25, 0.3) is 0 Å². The van der Waals surface area contributed by atoms with Crippen molar-refractivity contribution in [1.29, 1.82) is 0 Å². The zero-order valence-electron chi connectivity index (χ0n) is 18.3. The highest BCUT2D eigenvalue weighted by molar-refractivity contribution is 5.85. The summed E-state index contributed by atoms with van der Waals surface area (Å²) >= 11 is 0. The van der Waals surface area contributed by atoms with Gasteiger partial charge in [-0.25, -0.2) is 9.67 Å². The fourth-order valence-corrected chi connectivity index (χ4v) is 4.28. The minimum atomic E-state index is 0. The molecular weight excluding hydrogens is 400 g/mol. The molecule has 0 bridgehead atoms. The zero-order valence-corrected chi connectivity index (χ0v) is 19.2. The van der Waals surface area contributed by atoms with Gasteiger partial charge in [-0.2, -0.15) is 5.10 Å². The Morgan fingerprint density at radius 2 is 1.80 bits per heavy atom. The molecule has 2 aliphatic rings. The minimum Gasteiger partial charge on any atom is -0.486 e. The summed E-state index contributed by atoms with van der Waals surface area (Å²) in [5.74, 6) is 3.13. The first-order valence-electron chi connectivity index (χ1n) is 10.9. The molecule has 1 aromatic carbocycles. The molecule has 0 amide bonds. The van der Waals surface area contributed by atoms with Crippen LogP contribution in [0.4, 0.5) is 0 Å². The van der Waals surface area contributed by atoms with Gasteiger partial charge in [0.2, 0.25) is 0 Å². The second-order valence-corrected chi connectivity index (χ2v) is 9.52. The van der Waals surface area contributed by atoms with Gasteiger partial charge in [0.05, 0.1) is 12.6 Å². The summed E-state index contributed by atoms with van der Waals surface area (Å²) in [6, 6.07) is 8.95. The van der Waals surface area contributed by atoms with Crippen molar-refractivity contribution >= 4 is 12.4 Å². The van der Waals surface area contributed by atoms with Crippen molar-refractivity contribution in [2.24, 2.45) is 5.73 Å². The molecule has 1 aromatic heterocycles. The molecule has 2 heterocycles. The Labute approximate surface area is 185 Å². The standard InChI is InChI=1S/C23H34N4O2.ClH/c1-23(2,3)17-6-10-20(11-7-17)29-15-21-25-22(16-4-8-18(24)9-5-16)27(26-21)19-12-13-28-14-19;/h6-7,10-11,16,18-19H,4-5,8-9,12-15,24H2,1-3H3;1H. The second kappa shape index (κ2) is 9.67. The predicted molar refractivity (Wildman–Crippen MR) is 120 cm³/mol. The number of benzene rings is 1. The first-order valence-corrected chi connectivity index (χ1v) is 10.9. The summed E-state index contributed by atoms with van der Waals surface area (Å²) in [6.07, 6.45) is 5.29. The Hall–Kier alpha value is -1.63. The third-order valence-electron chi connectivity index (χ3n) is 6.18. The van der Waals surface area contributed by atoms with Gasteiger partial charge in [-0.05, 0) is 55.2 Å². The molecule has 1 saturated carbocycles. The quantitative estimate of drug-likeness (QED) is 0.748. The van der Waals surface area contributed by atoms with Crippen LogP contribution in [0, 0.1) is 0 Å². The molecule has 1 saturated heterocycles. The first-order chi connectivity index (χ1) is 13.9. The topological polar surface area (TPSA) is 75.2 Å². The Balaban J connectivity index is 0.00000256. The Morgan fingerprint density at radius 3 is 2.40 bits per heavy atom. The van der Waals surface area contributed by atoms with Crippen molar-refractivity contribution in [3.05, 3.63) is 41.5 Å².